The molecule has 178 valence electrons. The number of fused-ring (bicyclic) bond motifs is 1. The largest absolute Gasteiger partial charge is 1.00 e. The molecule has 2 aliphatic heterocycles. The molecule has 11 heteroatoms. The maximum Gasteiger partial charge on any atom is 1.00 e. The van der Waals surface area contributed by atoms with Gasteiger partial charge in [-0.15, -0.1) is 11.8 Å². The second-order valence-electron chi connectivity index (χ2n) is 9.42. The van der Waals surface area contributed by atoms with Gasteiger partial charge in [-0.1, -0.05) is 17.3 Å². The number of amides is 2. The number of nitrogens with zero attached hydrogens (tertiary/aromatic N) is 2. The van der Waals surface area contributed by atoms with Gasteiger partial charge in [0, 0.05) is 4.75 Å². The van der Waals surface area contributed by atoms with Crippen LogP contribution in [0.3, 0.4) is 0 Å². The standard InChI is InChI=1S/C23H29N3O6S.Na/c1-22(2)17(21(29)30)26-19(28)16(20(26)33-22)24-18(27)15(13-9-5-6-10-14(13)31-4)25-32-23(3)11-7-8-12-23;/h5-6,9-10,16-17,20H,7-8,11-12H2,1-4H3,(H,24,27)(H,29,30);/q;+1/p-1/b25-15-;/t16-,17-,20+;/m0./s1. The van der Waals surface area contributed by atoms with Crippen LogP contribution in [0.4, 0.5) is 0 Å². The van der Waals surface area contributed by atoms with Crippen molar-refractivity contribution in [3.8, 4) is 5.75 Å². The predicted molar refractivity (Wildman–Crippen MR) is 121 cm³/mol. The van der Waals surface area contributed by atoms with E-state index in [4.69, 9.17) is 9.57 Å². The number of rotatable bonds is 7. The number of para-hydroxylation sites is 1. The van der Waals surface area contributed by atoms with E-state index >= 15 is 0 Å². The third-order valence-corrected chi connectivity index (χ3v) is 8.12. The second-order valence-corrected chi connectivity index (χ2v) is 11.2. The molecule has 34 heavy (non-hydrogen) atoms. The van der Waals surface area contributed by atoms with E-state index in [0.29, 0.717) is 11.3 Å². The van der Waals surface area contributed by atoms with Crippen molar-refractivity contribution >= 4 is 35.3 Å². The fourth-order valence-corrected chi connectivity index (χ4v) is 6.38. The maximum atomic E-state index is 13.3. The zero-order chi connectivity index (χ0) is 24.0. The van der Waals surface area contributed by atoms with Crippen LogP contribution in [0.15, 0.2) is 29.4 Å². The van der Waals surface area contributed by atoms with Crippen molar-refractivity contribution in [3.63, 3.8) is 0 Å². The first-order chi connectivity index (χ1) is 15.6. The molecule has 1 aromatic carbocycles. The zero-order valence-corrected chi connectivity index (χ0v) is 22.9. The number of hydrogen-bond acceptors (Lipinski definition) is 8. The Hall–Kier alpha value is -1.75. The fraction of sp³-hybridized carbons (Fsp3) is 0.565. The molecule has 2 saturated heterocycles. The molecule has 0 aromatic heterocycles. The number of oxime groups is 1. The van der Waals surface area contributed by atoms with E-state index < -0.39 is 45.6 Å². The summed E-state index contributed by atoms with van der Waals surface area (Å²) in [4.78, 5) is 44.9. The number of carbonyl (C=O) groups excluding carboxylic acids is 3. The normalized spacial score (nSPS) is 26.7. The summed E-state index contributed by atoms with van der Waals surface area (Å²) in [5.74, 6) is -1.90. The van der Waals surface area contributed by atoms with Crippen LogP contribution in [0.1, 0.15) is 52.0 Å². The van der Waals surface area contributed by atoms with Gasteiger partial charge in [-0.05, 0) is 58.6 Å². The number of carbonyl (C=O) groups is 3. The molecule has 1 aromatic rings. The summed E-state index contributed by atoms with van der Waals surface area (Å²) in [6.07, 6.45) is 3.74. The number of thioether (sulfide) groups is 1. The first-order valence-electron chi connectivity index (χ1n) is 11.0. The summed E-state index contributed by atoms with van der Waals surface area (Å²) in [6.45, 7) is 5.47. The first kappa shape index (κ1) is 26.8. The molecule has 0 radical (unpaired) electrons. The summed E-state index contributed by atoms with van der Waals surface area (Å²) in [5.41, 5.74) is -0.00999. The van der Waals surface area contributed by atoms with E-state index in [1.54, 1.807) is 38.1 Å². The number of carboxylic acids is 1. The van der Waals surface area contributed by atoms with Crippen LogP contribution < -0.4 is 44.7 Å². The number of ether oxygens (including phenoxy) is 1. The van der Waals surface area contributed by atoms with Crippen molar-refractivity contribution in [2.45, 2.75) is 74.3 Å². The summed E-state index contributed by atoms with van der Waals surface area (Å²) in [5, 5.41) is 18.1. The SMILES string of the molecule is COc1ccccc1/C(=N/OC1(C)CCCC1)C(=O)N[C@H]1C(=O)N2[C@@H]1SC(C)(C)[C@@H]2C(=O)[O-].[Na+]. The number of nitrogens with one attached hydrogen (secondary N) is 1. The minimum Gasteiger partial charge on any atom is -0.548 e. The van der Waals surface area contributed by atoms with Crippen LogP contribution in [-0.4, -0.2) is 63.3 Å². The van der Waals surface area contributed by atoms with Gasteiger partial charge in [0.1, 0.15) is 22.8 Å². The molecule has 3 fully saturated rings. The van der Waals surface area contributed by atoms with E-state index in [9.17, 15) is 19.5 Å². The summed E-state index contributed by atoms with van der Waals surface area (Å²) in [6, 6.07) is 5.03. The van der Waals surface area contributed by atoms with Crippen LogP contribution in [0, 0.1) is 0 Å². The van der Waals surface area contributed by atoms with Crippen molar-refractivity contribution in [1.82, 2.24) is 10.2 Å². The molecule has 9 nitrogen and oxygen atoms in total. The molecule has 1 saturated carbocycles. The molecule has 3 aliphatic rings. The number of methoxy groups -OCH3 is 1. The predicted octanol–water partition coefficient (Wildman–Crippen LogP) is -1.95. The Labute approximate surface area is 225 Å². The molecular weight excluding hydrogens is 469 g/mol. The van der Waals surface area contributed by atoms with Crippen LogP contribution in [0.25, 0.3) is 0 Å². The maximum absolute atomic E-state index is 13.3. The number of carboxylic acid groups (broad SMARTS) is 1. The zero-order valence-electron chi connectivity index (χ0n) is 20.1. The molecule has 2 heterocycles. The van der Waals surface area contributed by atoms with Crippen LogP contribution in [-0.2, 0) is 19.2 Å². The Balaban J connectivity index is 0.00000324. The monoisotopic (exact) mass is 497 g/mol. The van der Waals surface area contributed by atoms with Crippen molar-refractivity contribution < 1.29 is 58.6 Å². The third-order valence-electron chi connectivity index (χ3n) is 6.55. The molecule has 1 N–H and O–H groups in total. The molecule has 0 bridgehead atoms. The molecule has 0 spiro atoms. The van der Waals surface area contributed by atoms with Gasteiger partial charge in [-0.2, -0.15) is 0 Å². The average molecular weight is 498 g/mol. The van der Waals surface area contributed by atoms with Gasteiger partial charge in [-0.25, -0.2) is 0 Å². The topological polar surface area (TPSA) is 120 Å². The van der Waals surface area contributed by atoms with Crippen molar-refractivity contribution in [3.05, 3.63) is 29.8 Å². The number of benzene rings is 1. The molecule has 3 atom stereocenters. The summed E-state index contributed by atoms with van der Waals surface area (Å²) < 4.78 is 4.67. The Bertz CT molecular complexity index is 1010. The van der Waals surface area contributed by atoms with Gasteiger partial charge < -0.3 is 29.7 Å². The van der Waals surface area contributed by atoms with Crippen LogP contribution in [0.2, 0.25) is 0 Å². The quantitative estimate of drug-likeness (QED) is 0.201. The molecule has 0 unspecified atom stereocenters. The molecular formula is C23H28N3NaO6S. The number of hydrogen-bond donors (Lipinski definition) is 1. The first-order valence-corrected chi connectivity index (χ1v) is 11.9. The van der Waals surface area contributed by atoms with Gasteiger partial charge in [-0.3, -0.25) is 9.59 Å². The Morgan fingerprint density at radius 1 is 1.21 bits per heavy atom. The van der Waals surface area contributed by atoms with Gasteiger partial charge in [0.15, 0.2) is 5.71 Å². The third kappa shape index (κ3) is 4.82. The molecule has 1 aliphatic carbocycles. The van der Waals surface area contributed by atoms with E-state index in [0.717, 1.165) is 25.7 Å². The summed E-state index contributed by atoms with van der Waals surface area (Å²) in [7, 11) is 1.50. The van der Waals surface area contributed by atoms with Crippen LogP contribution >= 0.6 is 11.8 Å². The van der Waals surface area contributed by atoms with Crippen molar-refractivity contribution in [1.29, 1.82) is 0 Å². The van der Waals surface area contributed by atoms with Gasteiger partial charge in [0.25, 0.3) is 5.91 Å². The average Bonchev–Trinajstić information content (AvgIpc) is 3.31. The second kappa shape index (κ2) is 10.1. The van der Waals surface area contributed by atoms with Crippen LogP contribution in [0.5, 0.6) is 5.75 Å². The van der Waals surface area contributed by atoms with Gasteiger partial charge in [0.2, 0.25) is 5.91 Å². The van der Waals surface area contributed by atoms with E-state index in [1.807, 2.05) is 6.92 Å². The molecule has 2 amide bonds. The smallest absolute Gasteiger partial charge is 0.548 e. The van der Waals surface area contributed by atoms with E-state index in [-0.39, 0.29) is 35.3 Å². The summed E-state index contributed by atoms with van der Waals surface area (Å²) >= 11 is 1.33. The number of β-lactam (4-membered cyclic amide) rings is 1. The fourth-order valence-electron chi connectivity index (χ4n) is 4.76. The Morgan fingerprint density at radius 3 is 2.47 bits per heavy atom. The van der Waals surface area contributed by atoms with E-state index in [2.05, 4.69) is 10.5 Å². The van der Waals surface area contributed by atoms with Crippen molar-refractivity contribution in [2.75, 3.05) is 7.11 Å². The minimum atomic E-state index is -1.30. The molecule has 4 rings (SSSR count). The minimum absolute atomic E-state index is 0. The van der Waals surface area contributed by atoms with Crippen molar-refractivity contribution in [2.24, 2.45) is 5.16 Å². The van der Waals surface area contributed by atoms with Gasteiger partial charge >= 0.3 is 29.6 Å². The Morgan fingerprint density at radius 2 is 1.85 bits per heavy atom. The Kier molecular flexibility index (Phi) is 7.96. The number of aliphatic carboxylic acids is 1. The van der Waals surface area contributed by atoms with E-state index in [1.165, 1.54) is 23.8 Å². The van der Waals surface area contributed by atoms with Gasteiger partial charge in [0.05, 0.1) is 24.7 Å².